The first kappa shape index (κ1) is 20.8. The van der Waals surface area contributed by atoms with Crippen molar-refractivity contribution in [1.29, 1.82) is 0 Å². The molecule has 4 N–H and O–H groups in total. The highest BCUT2D eigenvalue weighted by Gasteiger charge is 2.28. The fourth-order valence-corrected chi connectivity index (χ4v) is 1.56. The number of nitrogens with two attached hydrogens (primary N) is 1. The Balaban J connectivity index is 0. The summed E-state index contributed by atoms with van der Waals surface area (Å²) in [4.78, 5) is 24.5. The Bertz CT molecular complexity index is 288. The molecule has 6 nitrogen and oxygen atoms in total. The molecule has 1 aliphatic rings. The Hall–Kier alpha value is -0.560. The maximum Gasteiger partial charge on any atom is 0.239 e. The summed E-state index contributed by atoms with van der Waals surface area (Å²) in [5, 5.41) is 5.22. The molecular weight excluding hydrogens is 291 g/mol. The number of likely N-dealkylation sites (N-methyl/N-ethyl adjacent to an activating group) is 1. The van der Waals surface area contributed by atoms with E-state index in [1.807, 2.05) is 0 Å². The van der Waals surface area contributed by atoms with Crippen LogP contribution in [0.4, 0.5) is 0 Å². The molecule has 0 aromatic carbocycles. The predicted octanol–water partition coefficient (Wildman–Crippen LogP) is -0.496. The van der Waals surface area contributed by atoms with Gasteiger partial charge in [0, 0.05) is 18.6 Å². The number of hydrogen-bond donors (Lipinski definition) is 3. The summed E-state index contributed by atoms with van der Waals surface area (Å²) in [6.45, 7) is 2.59. The molecule has 1 unspecified atom stereocenters. The van der Waals surface area contributed by atoms with E-state index in [-0.39, 0.29) is 49.7 Å². The normalized spacial score (nSPS) is 14.9. The van der Waals surface area contributed by atoms with Gasteiger partial charge in [-0.15, -0.1) is 24.8 Å². The number of halogens is 2. The van der Waals surface area contributed by atoms with Crippen molar-refractivity contribution in [2.24, 2.45) is 5.73 Å². The van der Waals surface area contributed by atoms with Crippen molar-refractivity contribution in [3.8, 4) is 0 Å². The molecule has 114 valence electrons. The maximum atomic E-state index is 11.4. The molecule has 1 atom stereocenters. The van der Waals surface area contributed by atoms with Crippen LogP contribution in [-0.2, 0) is 9.59 Å². The van der Waals surface area contributed by atoms with E-state index < -0.39 is 0 Å². The third-order valence-corrected chi connectivity index (χ3v) is 3.04. The molecule has 1 rings (SSSR count). The molecule has 0 saturated heterocycles. The first-order valence-corrected chi connectivity index (χ1v) is 6.00. The van der Waals surface area contributed by atoms with Crippen molar-refractivity contribution in [2.45, 2.75) is 31.8 Å². The van der Waals surface area contributed by atoms with Gasteiger partial charge in [0.05, 0.1) is 13.1 Å². The lowest BCUT2D eigenvalue weighted by atomic mass is 10.3. The van der Waals surface area contributed by atoms with Crippen molar-refractivity contribution >= 4 is 36.6 Å². The Morgan fingerprint density at radius 1 is 1.26 bits per heavy atom. The number of nitrogens with zero attached hydrogens (tertiary/aromatic N) is 1. The van der Waals surface area contributed by atoms with Crippen molar-refractivity contribution in [1.82, 2.24) is 15.5 Å². The van der Waals surface area contributed by atoms with Gasteiger partial charge >= 0.3 is 0 Å². The maximum absolute atomic E-state index is 11.4. The first-order chi connectivity index (χ1) is 8.04. The number of amides is 2. The van der Waals surface area contributed by atoms with Crippen molar-refractivity contribution in [3.05, 3.63) is 0 Å². The van der Waals surface area contributed by atoms with Crippen LogP contribution in [0.2, 0.25) is 0 Å². The smallest absolute Gasteiger partial charge is 0.239 e. The number of carbonyl (C=O) groups excluding carboxylic acids is 2. The molecule has 0 radical (unpaired) electrons. The third-order valence-electron chi connectivity index (χ3n) is 3.04. The van der Waals surface area contributed by atoms with E-state index in [4.69, 9.17) is 5.73 Å². The van der Waals surface area contributed by atoms with Gasteiger partial charge in [0.2, 0.25) is 11.8 Å². The molecule has 0 aromatic heterocycles. The minimum atomic E-state index is -0.316. The van der Waals surface area contributed by atoms with Gasteiger partial charge in [-0.25, -0.2) is 0 Å². The van der Waals surface area contributed by atoms with E-state index in [0.717, 1.165) is 0 Å². The zero-order chi connectivity index (χ0) is 12.8. The lowest BCUT2D eigenvalue weighted by Crippen LogP contribution is -2.45. The molecule has 0 bridgehead atoms. The largest absolute Gasteiger partial charge is 0.353 e. The zero-order valence-electron chi connectivity index (χ0n) is 11.3. The van der Waals surface area contributed by atoms with Gasteiger partial charge in [0.1, 0.15) is 0 Å². The van der Waals surface area contributed by atoms with Crippen LogP contribution >= 0.6 is 24.8 Å². The van der Waals surface area contributed by atoms with Gasteiger partial charge < -0.3 is 16.4 Å². The van der Waals surface area contributed by atoms with Gasteiger partial charge in [0.25, 0.3) is 0 Å². The van der Waals surface area contributed by atoms with Gasteiger partial charge in [-0.3, -0.25) is 14.5 Å². The molecule has 0 heterocycles. The molecule has 1 aliphatic carbocycles. The van der Waals surface area contributed by atoms with E-state index in [0.29, 0.717) is 18.6 Å². The minimum absolute atomic E-state index is 0. The summed E-state index contributed by atoms with van der Waals surface area (Å²) in [5.74, 6) is -0.494. The SMILES string of the molecule is CC(CNC(=O)CNC(=O)CN)N(C)C1CC1.Cl.Cl. The summed E-state index contributed by atoms with van der Waals surface area (Å²) in [7, 11) is 2.07. The molecule has 0 aromatic rings. The fourth-order valence-electron chi connectivity index (χ4n) is 1.56. The molecule has 1 saturated carbocycles. The van der Waals surface area contributed by atoms with Gasteiger partial charge in [-0.2, -0.15) is 0 Å². The summed E-state index contributed by atoms with van der Waals surface area (Å²) < 4.78 is 0. The first-order valence-electron chi connectivity index (χ1n) is 6.00. The molecule has 1 fully saturated rings. The van der Waals surface area contributed by atoms with E-state index in [1.54, 1.807) is 0 Å². The number of rotatable bonds is 7. The molecular formula is C11H24Cl2N4O2. The van der Waals surface area contributed by atoms with Gasteiger partial charge in [-0.05, 0) is 26.8 Å². The standard InChI is InChI=1S/C11H22N4O2.2ClH/c1-8(15(2)9-3-4-9)6-13-11(17)7-14-10(16)5-12;;/h8-9H,3-7,12H2,1-2H3,(H,13,17)(H,14,16);2*1H. The molecule has 19 heavy (non-hydrogen) atoms. The predicted molar refractivity (Wildman–Crippen MR) is 79.8 cm³/mol. The Labute approximate surface area is 126 Å². The lowest BCUT2D eigenvalue weighted by molar-refractivity contribution is -0.125. The monoisotopic (exact) mass is 314 g/mol. The fraction of sp³-hybridized carbons (Fsp3) is 0.818. The molecule has 8 heteroatoms. The topological polar surface area (TPSA) is 87.5 Å². The lowest BCUT2D eigenvalue weighted by Gasteiger charge is -2.24. The van der Waals surface area contributed by atoms with E-state index in [9.17, 15) is 9.59 Å². The van der Waals surface area contributed by atoms with Crippen LogP contribution in [-0.4, -0.2) is 55.5 Å². The van der Waals surface area contributed by atoms with E-state index in [1.165, 1.54) is 12.8 Å². The minimum Gasteiger partial charge on any atom is -0.353 e. The number of carbonyl (C=O) groups is 2. The van der Waals surface area contributed by atoms with Crippen LogP contribution in [0.25, 0.3) is 0 Å². The number of nitrogens with one attached hydrogen (secondary N) is 2. The summed E-state index contributed by atoms with van der Waals surface area (Å²) in [5.41, 5.74) is 5.11. The van der Waals surface area contributed by atoms with Gasteiger partial charge in [0.15, 0.2) is 0 Å². The molecule has 0 aliphatic heterocycles. The van der Waals surface area contributed by atoms with Crippen LogP contribution in [0, 0.1) is 0 Å². The Kier molecular flexibility index (Phi) is 11.2. The van der Waals surface area contributed by atoms with Crippen LogP contribution in [0.15, 0.2) is 0 Å². The summed E-state index contributed by atoms with van der Waals surface area (Å²) >= 11 is 0. The van der Waals surface area contributed by atoms with Crippen molar-refractivity contribution < 1.29 is 9.59 Å². The summed E-state index contributed by atoms with van der Waals surface area (Å²) in [6, 6.07) is 0.996. The van der Waals surface area contributed by atoms with Crippen LogP contribution < -0.4 is 16.4 Å². The Morgan fingerprint density at radius 2 is 1.84 bits per heavy atom. The third kappa shape index (κ3) is 8.26. The zero-order valence-corrected chi connectivity index (χ0v) is 13.0. The summed E-state index contributed by atoms with van der Waals surface area (Å²) in [6.07, 6.45) is 2.50. The number of hydrogen-bond acceptors (Lipinski definition) is 4. The van der Waals surface area contributed by atoms with E-state index >= 15 is 0 Å². The Morgan fingerprint density at radius 3 is 2.32 bits per heavy atom. The van der Waals surface area contributed by atoms with Gasteiger partial charge in [-0.1, -0.05) is 0 Å². The second-order valence-electron chi connectivity index (χ2n) is 4.53. The van der Waals surface area contributed by atoms with Crippen molar-refractivity contribution in [3.63, 3.8) is 0 Å². The quantitative estimate of drug-likeness (QED) is 0.591. The highest BCUT2D eigenvalue weighted by molar-refractivity contribution is 5.86. The second-order valence-corrected chi connectivity index (χ2v) is 4.53. The van der Waals surface area contributed by atoms with Crippen LogP contribution in [0.3, 0.4) is 0 Å². The molecule has 0 spiro atoms. The van der Waals surface area contributed by atoms with E-state index in [2.05, 4.69) is 29.5 Å². The second kappa shape index (κ2) is 10.3. The van der Waals surface area contributed by atoms with Crippen LogP contribution in [0.5, 0.6) is 0 Å². The average molecular weight is 315 g/mol. The highest BCUT2D eigenvalue weighted by atomic mass is 35.5. The highest BCUT2D eigenvalue weighted by Crippen LogP contribution is 2.26. The molecule has 2 amide bonds. The van der Waals surface area contributed by atoms with Crippen LogP contribution in [0.1, 0.15) is 19.8 Å². The van der Waals surface area contributed by atoms with Crippen molar-refractivity contribution in [2.75, 3.05) is 26.7 Å². The average Bonchev–Trinajstić information content (AvgIpc) is 3.15.